The van der Waals surface area contributed by atoms with E-state index in [9.17, 15) is 4.79 Å². The second kappa shape index (κ2) is 7.18. The third-order valence-electron chi connectivity index (χ3n) is 2.35. The highest BCUT2D eigenvalue weighted by Crippen LogP contribution is 2.18. The zero-order chi connectivity index (χ0) is 12.8. The van der Waals surface area contributed by atoms with Crippen molar-refractivity contribution < 1.29 is 9.90 Å². The average Bonchev–Trinajstić information content (AvgIpc) is 2.29. The second-order valence-corrected chi connectivity index (χ2v) is 5.46. The third kappa shape index (κ3) is 4.81. The van der Waals surface area contributed by atoms with Crippen LogP contribution in [-0.2, 0) is 0 Å². The summed E-state index contributed by atoms with van der Waals surface area (Å²) in [4.78, 5) is 12.0. The number of hydrogen-bond donors (Lipinski definition) is 2. The minimum atomic E-state index is -0.123. The van der Waals surface area contributed by atoms with Crippen molar-refractivity contribution in [3.05, 3.63) is 32.4 Å². The van der Waals surface area contributed by atoms with E-state index in [0.717, 1.165) is 9.99 Å². The molecule has 0 heterocycles. The Morgan fingerprint density at radius 1 is 1.59 bits per heavy atom. The van der Waals surface area contributed by atoms with Crippen LogP contribution in [0.15, 0.2) is 18.2 Å². The SMILES string of the molecule is CC(CCCO)NC(=O)c1cc(Cl)ccc1I. The Morgan fingerprint density at radius 2 is 2.29 bits per heavy atom. The summed E-state index contributed by atoms with van der Waals surface area (Å²) >= 11 is 7.97. The van der Waals surface area contributed by atoms with Gasteiger partial charge in [-0.1, -0.05) is 11.6 Å². The largest absolute Gasteiger partial charge is 0.396 e. The molecule has 1 aromatic carbocycles. The summed E-state index contributed by atoms with van der Waals surface area (Å²) in [6.45, 7) is 2.07. The molecule has 1 aromatic rings. The molecule has 0 saturated carbocycles. The van der Waals surface area contributed by atoms with Gasteiger partial charge in [-0.15, -0.1) is 0 Å². The van der Waals surface area contributed by atoms with Crippen molar-refractivity contribution >= 4 is 40.1 Å². The van der Waals surface area contributed by atoms with Gasteiger partial charge in [0.25, 0.3) is 5.91 Å². The van der Waals surface area contributed by atoms with E-state index >= 15 is 0 Å². The van der Waals surface area contributed by atoms with Gasteiger partial charge in [0.2, 0.25) is 0 Å². The summed E-state index contributed by atoms with van der Waals surface area (Å²) < 4.78 is 0.874. The number of nitrogens with one attached hydrogen (secondary N) is 1. The fraction of sp³-hybridized carbons (Fsp3) is 0.417. The van der Waals surface area contributed by atoms with Crippen molar-refractivity contribution in [3.8, 4) is 0 Å². The van der Waals surface area contributed by atoms with E-state index in [4.69, 9.17) is 16.7 Å². The van der Waals surface area contributed by atoms with Crippen LogP contribution in [0.5, 0.6) is 0 Å². The quantitative estimate of drug-likeness (QED) is 0.786. The van der Waals surface area contributed by atoms with Crippen molar-refractivity contribution in [2.45, 2.75) is 25.8 Å². The summed E-state index contributed by atoms with van der Waals surface area (Å²) in [6.07, 6.45) is 1.45. The van der Waals surface area contributed by atoms with E-state index in [-0.39, 0.29) is 18.6 Å². The number of amides is 1. The molecule has 1 unspecified atom stereocenters. The molecule has 17 heavy (non-hydrogen) atoms. The van der Waals surface area contributed by atoms with Gasteiger partial charge < -0.3 is 10.4 Å². The monoisotopic (exact) mass is 367 g/mol. The Hall–Kier alpha value is -0.330. The minimum Gasteiger partial charge on any atom is -0.396 e. The van der Waals surface area contributed by atoms with Gasteiger partial charge in [-0.3, -0.25) is 4.79 Å². The number of aliphatic hydroxyl groups is 1. The molecule has 0 radical (unpaired) electrons. The van der Waals surface area contributed by atoms with Crippen LogP contribution in [0.4, 0.5) is 0 Å². The highest BCUT2D eigenvalue weighted by atomic mass is 127. The van der Waals surface area contributed by atoms with Gasteiger partial charge in [-0.05, 0) is 60.6 Å². The zero-order valence-corrected chi connectivity index (χ0v) is 12.5. The smallest absolute Gasteiger partial charge is 0.252 e. The number of rotatable bonds is 5. The lowest BCUT2D eigenvalue weighted by Gasteiger charge is -2.14. The van der Waals surface area contributed by atoms with Crippen LogP contribution >= 0.6 is 34.2 Å². The van der Waals surface area contributed by atoms with Crippen LogP contribution in [-0.4, -0.2) is 23.7 Å². The van der Waals surface area contributed by atoms with Gasteiger partial charge in [-0.25, -0.2) is 0 Å². The molecule has 1 rings (SSSR count). The lowest BCUT2D eigenvalue weighted by atomic mass is 10.1. The first kappa shape index (κ1) is 14.7. The van der Waals surface area contributed by atoms with E-state index in [2.05, 4.69) is 27.9 Å². The van der Waals surface area contributed by atoms with Crippen LogP contribution in [0.1, 0.15) is 30.1 Å². The first-order valence-electron chi connectivity index (χ1n) is 5.41. The van der Waals surface area contributed by atoms with Crippen molar-refractivity contribution in [1.82, 2.24) is 5.32 Å². The molecular weight excluding hydrogens is 352 g/mol. The van der Waals surface area contributed by atoms with Gasteiger partial charge in [0.05, 0.1) is 5.56 Å². The molecule has 0 aliphatic carbocycles. The number of halogens is 2. The highest BCUT2D eigenvalue weighted by Gasteiger charge is 2.12. The molecule has 0 saturated heterocycles. The topological polar surface area (TPSA) is 49.3 Å². The Labute approximate surface area is 120 Å². The van der Waals surface area contributed by atoms with E-state index in [1.807, 2.05) is 13.0 Å². The van der Waals surface area contributed by atoms with Crippen LogP contribution in [0.3, 0.4) is 0 Å². The normalized spacial score (nSPS) is 12.2. The Bertz CT molecular complexity index is 398. The van der Waals surface area contributed by atoms with Crippen LogP contribution in [0.25, 0.3) is 0 Å². The van der Waals surface area contributed by atoms with E-state index in [1.54, 1.807) is 12.1 Å². The Balaban J connectivity index is 2.66. The first-order valence-corrected chi connectivity index (χ1v) is 6.87. The second-order valence-electron chi connectivity index (χ2n) is 3.86. The van der Waals surface area contributed by atoms with Crippen LogP contribution in [0.2, 0.25) is 5.02 Å². The minimum absolute atomic E-state index is 0.0458. The predicted molar refractivity (Wildman–Crippen MR) is 77.4 cm³/mol. The summed E-state index contributed by atoms with van der Waals surface area (Å²) in [5.74, 6) is -0.123. The molecule has 0 aliphatic heterocycles. The first-order chi connectivity index (χ1) is 8.04. The maximum Gasteiger partial charge on any atom is 0.252 e. The number of aliphatic hydroxyl groups excluding tert-OH is 1. The summed E-state index contributed by atoms with van der Waals surface area (Å²) in [6, 6.07) is 5.28. The average molecular weight is 368 g/mol. The maximum atomic E-state index is 12.0. The fourth-order valence-electron chi connectivity index (χ4n) is 1.44. The lowest BCUT2D eigenvalue weighted by molar-refractivity contribution is 0.0935. The van der Waals surface area contributed by atoms with Gasteiger partial charge in [-0.2, -0.15) is 0 Å². The molecule has 2 N–H and O–H groups in total. The van der Waals surface area contributed by atoms with E-state index in [1.165, 1.54) is 0 Å². The maximum absolute atomic E-state index is 12.0. The molecule has 5 heteroatoms. The molecule has 0 fully saturated rings. The number of carbonyl (C=O) groups is 1. The molecule has 0 bridgehead atoms. The Kier molecular flexibility index (Phi) is 6.22. The summed E-state index contributed by atoms with van der Waals surface area (Å²) in [7, 11) is 0. The molecule has 1 atom stereocenters. The van der Waals surface area contributed by atoms with Crippen molar-refractivity contribution in [3.63, 3.8) is 0 Å². The van der Waals surface area contributed by atoms with Crippen molar-refractivity contribution in [2.24, 2.45) is 0 Å². The highest BCUT2D eigenvalue weighted by molar-refractivity contribution is 14.1. The summed E-state index contributed by atoms with van der Waals surface area (Å²) in [5.41, 5.74) is 0.592. The molecule has 0 aromatic heterocycles. The van der Waals surface area contributed by atoms with Crippen LogP contribution < -0.4 is 5.32 Å². The van der Waals surface area contributed by atoms with Gasteiger partial charge >= 0.3 is 0 Å². The molecule has 1 amide bonds. The lowest BCUT2D eigenvalue weighted by Crippen LogP contribution is -2.33. The number of carbonyl (C=O) groups excluding carboxylic acids is 1. The van der Waals surface area contributed by atoms with Crippen molar-refractivity contribution in [2.75, 3.05) is 6.61 Å². The third-order valence-corrected chi connectivity index (χ3v) is 3.52. The van der Waals surface area contributed by atoms with Gasteiger partial charge in [0, 0.05) is 21.2 Å². The fourth-order valence-corrected chi connectivity index (χ4v) is 2.20. The number of benzene rings is 1. The molecule has 3 nitrogen and oxygen atoms in total. The molecule has 0 aliphatic rings. The van der Waals surface area contributed by atoms with Crippen LogP contribution in [0, 0.1) is 3.57 Å². The summed E-state index contributed by atoms with van der Waals surface area (Å²) in [5, 5.41) is 12.2. The number of hydrogen-bond acceptors (Lipinski definition) is 2. The standard InChI is InChI=1S/C12H15ClINO2/c1-8(3-2-6-16)15-12(17)10-7-9(13)4-5-11(10)14/h4-5,7-8,16H,2-3,6H2,1H3,(H,15,17). The Morgan fingerprint density at radius 3 is 2.94 bits per heavy atom. The predicted octanol–water partition coefficient (Wildman–Crippen LogP) is 2.84. The molecular formula is C12H15ClINO2. The van der Waals surface area contributed by atoms with E-state index < -0.39 is 0 Å². The van der Waals surface area contributed by atoms with Gasteiger partial charge in [0.1, 0.15) is 0 Å². The van der Waals surface area contributed by atoms with E-state index in [0.29, 0.717) is 17.0 Å². The molecule has 94 valence electrons. The van der Waals surface area contributed by atoms with Gasteiger partial charge in [0.15, 0.2) is 0 Å². The molecule has 0 spiro atoms. The van der Waals surface area contributed by atoms with Crippen molar-refractivity contribution in [1.29, 1.82) is 0 Å². The zero-order valence-electron chi connectivity index (χ0n) is 9.54.